The molecule has 1 aromatic heterocycles. The Hall–Kier alpha value is -2.24. The average molecular weight is 324 g/mol. The van der Waals surface area contributed by atoms with Crippen LogP contribution in [-0.2, 0) is 11.3 Å². The first-order chi connectivity index (χ1) is 11.7. The summed E-state index contributed by atoms with van der Waals surface area (Å²) in [5.41, 5.74) is 3.24. The fourth-order valence-corrected chi connectivity index (χ4v) is 3.28. The zero-order valence-corrected chi connectivity index (χ0v) is 14.1. The van der Waals surface area contributed by atoms with Crippen molar-refractivity contribution in [3.05, 3.63) is 54.4 Å². The molecule has 1 saturated heterocycles. The van der Waals surface area contributed by atoms with Crippen LogP contribution in [0.25, 0.3) is 10.9 Å². The Morgan fingerprint density at radius 2 is 2.21 bits per heavy atom. The smallest absolute Gasteiger partial charge is 0.139 e. The maximum atomic E-state index is 10.6. The summed E-state index contributed by atoms with van der Waals surface area (Å²) in [4.78, 5) is 19.8. The summed E-state index contributed by atoms with van der Waals surface area (Å²) in [6.45, 7) is 8.18. The summed E-state index contributed by atoms with van der Waals surface area (Å²) in [5, 5.41) is 4.28. The molecule has 1 aliphatic rings. The van der Waals surface area contributed by atoms with Gasteiger partial charge in [-0.2, -0.15) is 0 Å². The van der Waals surface area contributed by atoms with E-state index in [4.69, 9.17) is 0 Å². The summed E-state index contributed by atoms with van der Waals surface area (Å²) >= 11 is 0. The van der Waals surface area contributed by atoms with E-state index < -0.39 is 0 Å². The molecule has 1 N–H and O–H groups in total. The van der Waals surface area contributed by atoms with E-state index in [0.29, 0.717) is 6.54 Å². The molecule has 2 aromatic rings. The molecule has 0 spiro atoms. The van der Waals surface area contributed by atoms with Gasteiger partial charge >= 0.3 is 0 Å². The van der Waals surface area contributed by atoms with Crippen molar-refractivity contribution in [2.45, 2.75) is 12.6 Å². The SMILES string of the molecule is C=C(NCC=O)C1CN(Cc2cccc3cccnc23)CCN1C. The van der Waals surface area contributed by atoms with Crippen molar-refractivity contribution in [3.8, 4) is 0 Å². The number of carbonyl (C=O) groups is 1. The molecule has 0 bridgehead atoms. The van der Waals surface area contributed by atoms with Crippen molar-refractivity contribution in [3.63, 3.8) is 0 Å². The Labute approximate surface area is 143 Å². The van der Waals surface area contributed by atoms with Gasteiger partial charge in [0.05, 0.1) is 18.1 Å². The number of para-hydroxylation sites is 1. The number of hydrogen-bond donors (Lipinski definition) is 1. The van der Waals surface area contributed by atoms with Crippen LogP contribution in [0.1, 0.15) is 5.56 Å². The second-order valence-corrected chi connectivity index (χ2v) is 6.30. The minimum atomic E-state index is 0.210. The number of benzene rings is 1. The fourth-order valence-electron chi connectivity index (χ4n) is 3.28. The standard InChI is InChI=1S/C19H24N4O/c1-15(20-9-12-24)18-14-23(11-10-22(18)2)13-17-6-3-5-16-7-4-8-21-19(16)17/h3-8,12,18,20H,1,9-11,13-14H2,2H3. The van der Waals surface area contributed by atoms with Crippen molar-refractivity contribution >= 4 is 17.2 Å². The minimum absolute atomic E-state index is 0.210. The number of nitrogens with one attached hydrogen (secondary N) is 1. The molecule has 2 heterocycles. The number of fused-ring (bicyclic) bond motifs is 1. The molecular formula is C19H24N4O. The van der Waals surface area contributed by atoms with Crippen molar-refractivity contribution in [2.24, 2.45) is 0 Å². The quantitative estimate of drug-likeness (QED) is 0.819. The highest BCUT2D eigenvalue weighted by atomic mass is 16.1. The van der Waals surface area contributed by atoms with Crippen molar-refractivity contribution in [1.29, 1.82) is 0 Å². The number of aromatic nitrogens is 1. The first kappa shape index (κ1) is 16.6. The van der Waals surface area contributed by atoms with Gasteiger partial charge in [-0.1, -0.05) is 30.8 Å². The number of likely N-dealkylation sites (N-methyl/N-ethyl adjacent to an activating group) is 1. The van der Waals surface area contributed by atoms with Crippen LogP contribution in [0.2, 0.25) is 0 Å². The number of carbonyl (C=O) groups excluding carboxylic acids is 1. The third-order valence-electron chi connectivity index (χ3n) is 4.66. The van der Waals surface area contributed by atoms with Crippen LogP contribution in [0.5, 0.6) is 0 Å². The molecular weight excluding hydrogens is 300 g/mol. The Morgan fingerprint density at radius 3 is 3.04 bits per heavy atom. The maximum Gasteiger partial charge on any atom is 0.139 e. The highest BCUT2D eigenvalue weighted by Crippen LogP contribution is 2.20. The van der Waals surface area contributed by atoms with Gasteiger partial charge in [-0.15, -0.1) is 0 Å². The lowest BCUT2D eigenvalue weighted by atomic mass is 10.1. The molecule has 0 amide bonds. The molecule has 1 aromatic carbocycles. The topological polar surface area (TPSA) is 48.5 Å². The third kappa shape index (κ3) is 3.63. The van der Waals surface area contributed by atoms with Gasteiger partial charge in [-0.25, -0.2) is 0 Å². The summed E-state index contributed by atoms with van der Waals surface area (Å²) in [7, 11) is 2.11. The summed E-state index contributed by atoms with van der Waals surface area (Å²) in [6, 6.07) is 10.6. The van der Waals surface area contributed by atoms with E-state index in [1.807, 2.05) is 12.3 Å². The Morgan fingerprint density at radius 1 is 1.38 bits per heavy atom. The first-order valence-corrected chi connectivity index (χ1v) is 8.30. The van der Waals surface area contributed by atoms with Crippen LogP contribution in [0.3, 0.4) is 0 Å². The second-order valence-electron chi connectivity index (χ2n) is 6.30. The van der Waals surface area contributed by atoms with Crippen LogP contribution in [-0.4, -0.2) is 60.3 Å². The molecule has 5 nitrogen and oxygen atoms in total. The molecule has 0 saturated carbocycles. The van der Waals surface area contributed by atoms with Crippen molar-refractivity contribution in [2.75, 3.05) is 33.2 Å². The molecule has 24 heavy (non-hydrogen) atoms. The molecule has 1 aliphatic heterocycles. The Bertz CT molecular complexity index is 725. The van der Waals surface area contributed by atoms with Crippen molar-refractivity contribution < 1.29 is 4.79 Å². The van der Waals surface area contributed by atoms with E-state index in [1.54, 1.807) is 0 Å². The molecule has 0 aliphatic carbocycles. The van der Waals surface area contributed by atoms with Crippen LogP contribution >= 0.6 is 0 Å². The number of aldehydes is 1. The number of pyridine rings is 1. The van der Waals surface area contributed by atoms with Gasteiger partial charge in [-0.3, -0.25) is 14.8 Å². The predicted molar refractivity (Wildman–Crippen MR) is 96.6 cm³/mol. The van der Waals surface area contributed by atoms with Gasteiger partial charge in [-0.05, 0) is 18.7 Å². The van der Waals surface area contributed by atoms with Gasteiger partial charge in [0.2, 0.25) is 0 Å². The van der Waals surface area contributed by atoms with Gasteiger partial charge in [0.25, 0.3) is 0 Å². The van der Waals surface area contributed by atoms with Crippen LogP contribution in [0.15, 0.2) is 48.8 Å². The molecule has 5 heteroatoms. The molecule has 3 rings (SSSR count). The maximum absolute atomic E-state index is 10.6. The molecule has 1 atom stereocenters. The predicted octanol–water partition coefficient (Wildman–Crippen LogP) is 1.65. The van der Waals surface area contributed by atoms with Crippen LogP contribution in [0, 0.1) is 0 Å². The van der Waals surface area contributed by atoms with Gasteiger partial charge in [0, 0.05) is 43.5 Å². The number of rotatable bonds is 6. The van der Waals surface area contributed by atoms with E-state index in [9.17, 15) is 4.79 Å². The zero-order chi connectivity index (χ0) is 16.9. The lowest BCUT2D eigenvalue weighted by Crippen LogP contribution is -2.53. The first-order valence-electron chi connectivity index (χ1n) is 8.30. The van der Waals surface area contributed by atoms with Crippen LogP contribution < -0.4 is 5.32 Å². The van der Waals surface area contributed by atoms with Crippen molar-refractivity contribution in [1.82, 2.24) is 20.1 Å². The van der Waals surface area contributed by atoms with Gasteiger partial charge < -0.3 is 10.1 Å². The summed E-state index contributed by atoms with van der Waals surface area (Å²) in [6.07, 6.45) is 2.72. The zero-order valence-electron chi connectivity index (χ0n) is 14.1. The van der Waals surface area contributed by atoms with Crippen LogP contribution in [0.4, 0.5) is 0 Å². The Balaban J connectivity index is 1.73. The molecule has 126 valence electrons. The minimum Gasteiger partial charge on any atom is -0.381 e. The fraction of sp³-hybridized carbons (Fsp3) is 0.368. The average Bonchev–Trinajstić information content (AvgIpc) is 2.61. The van der Waals surface area contributed by atoms with E-state index in [1.165, 1.54) is 10.9 Å². The molecule has 1 unspecified atom stereocenters. The van der Waals surface area contributed by atoms with E-state index in [0.717, 1.165) is 43.7 Å². The lowest BCUT2D eigenvalue weighted by molar-refractivity contribution is -0.107. The summed E-state index contributed by atoms with van der Waals surface area (Å²) in [5.74, 6) is 0. The Kier molecular flexibility index (Phi) is 5.23. The highest BCUT2D eigenvalue weighted by molar-refractivity contribution is 5.81. The number of piperazine rings is 1. The highest BCUT2D eigenvalue weighted by Gasteiger charge is 2.26. The van der Waals surface area contributed by atoms with E-state index >= 15 is 0 Å². The number of hydrogen-bond acceptors (Lipinski definition) is 5. The number of nitrogens with zero attached hydrogens (tertiary/aromatic N) is 3. The second kappa shape index (κ2) is 7.55. The molecule has 1 fully saturated rings. The van der Waals surface area contributed by atoms with Gasteiger partial charge in [0.1, 0.15) is 6.29 Å². The summed E-state index contributed by atoms with van der Waals surface area (Å²) < 4.78 is 0. The van der Waals surface area contributed by atoms with E-state index in [2.05, 4.69) is 58.0 Å². The van der Waals surface area contributed by atoms with Gasteiger partial charge in [0.15, 0.2) is 0 Å². The molecule has 0 radical (unpaired) electrons. The van der Waals surface area contributed by atoms with E-state index in [-0.39, 0.29) is 6.04 Å². The third-order valence-corrected chi connectivity index (χ3v) is 4.66. The normalized spacial score (nSPS) is 19.3. The lowest BCUT2D eigenvalue weighted by Gasteiger charge is -2.40. The largest absolute Gasteiger partial charge is 0.381 e. The monoisotopic (exact) mass is 324 g/mol.